The quantitative estimate of drug-likeness (QED) is 0.805. The van der Waals surface area contributed by atoms with Crippen LogP contribution in [0.15, 0.2) is 0 Å². The highest BCUT2D eigenvalue weighted by atomic mass is 32.1. The number of methoxy groups -OCH3 is 1. The second-order valence-corrected chi connectivity index (χ2v) is 4.61. The van der Waals surface area contributed by atoms with Crippen molar-refractivity contribution in [3.63, 3.8) is 0 Å². The Kier molecular flexibility index (Phi) is 3.34. The monoisotopic (exact) mass is 215 g/mol. The molecule has 1 rings (SSSR count). The maximum Gasteiger partial charge on any atom is 0.142 e. The summed E-state index contributed by atoms with van der Waals surface area (Å²) in [7, 11) is 1.70. The molecule has 0 aromatic carbocycles. The zero-order valence-electron chi connectivity index (χ0n) is 9.05. The summed E-state index contributed by atoms with van der Waals surface area (Å²) in [4.78, 5) is 0. The van der Waals surface area contributed by atoms with Crippen LogP contribution >= 0.6 is 11.5 Å². The highest BCUT2D eigenvalue weighted by Crippen LogP contribution is 2.25. The second-order valence-electron chi connectivity index (χ2n) is 3.84. The van der Waals surface area contributed by atoms with Gasteiger partial charge in [0.2, 0.25) is 0 Å². The van der Waals surface area contributed by atoms with Gasteiger partial charge in [0.25, 0.3) is 0 Å². The molecule has 0 aliphatic carbocycles. The number of nitrogens with two attached hydrogens (primary N) is 1. The van der Waals surface area contributed by atoms with Crippen LogP contribution in [0, 0.1) is 6.92 Å². The lowest BCUT2D eigenvalue weighted by molar-refractivity contribution is 0.0344. The molecule has 1 aromatic rings. The lowest BCUT2D eigenvalue weighted by atomic mass is 10.1. The van der Waals surface area contributed by atoms with Crippen LogP contribution in [0.3, 0.4) is 0 Å². The predicted octanol–water partition coefficient (Wildman–Crippen LogP) is 1.87. The van der Waals surface area contributed by atoms with Gasteiger partial charge in [0.15, 0.2) is 0 Å². The van der Waals surface area contributed by atoms with E-state index in [2.05, 4.69) is 9.69 Å². The number of nitrogens with one attached hydrogen (secondary N) is 1. The second kappa shape index (κ2) is 4.14. The molecule has 1 heterocycles. The summed E-state index contributed by atoms with van der Waals surface area (Å²) < 4.78 is 9.36. The number of nitrogen functional groups attached to an aromatic ring is 1. The highest BCUT2D eigenvalue weighted by Gasteiger charge is 2.17. The van der Waals surface area contributed by atoms with Gasteiger partial charge < -0.3 is 15.8 Å². The Bertz CT molecular complexity index is 309. The summed E-state index contributed by atoms with van der Waals surface area (Å²) in [5, 5.41) is 4.30. The minimum Gasteiger partial charge on any atom is -0.383 e. The SMILES string of the molecule is COC(C)(C)CNc1snc(N)c1C. The van der Waals surface area contributed by atoms with E-state index in [1.807, 2.05) is 20.8 Å². The Morgan fingerprint density at radius 1 is 1.57 bits per heavy atom. The molecule has 1 aromatic heterocycles. The van der Waals surface area contributed by atoms with Crippen LogP contribution in [0.25, 0.3) is 0 Å². The van der Waals surface area contributed by atoms with E-state index in [9.17, 15) is 0 Å². The lowest BCUT2D eigenvalue weighted by Gasteiger charge is -2.23. The van der Waals surface area contributed by atoms with Gasteiger partial charge in [0.05, 0.1) is 5.60 Å². The van der Waals surface area contributed by atoms with Crippen LogP contribution in [0.1, 0.15) is 19.4 Å². The van der Waals surface area contributed by atoms with Crippen LogP contribution in [-0.2, 0) is 4.74 Å². The average molecular weight is 215 g/mol. The minimum atomic E-state index is -0.175. The standard InChI is InChI=1S/C9H17N3OS/c1-6-7(10)12-14-8(6)11-5-9(2,3)13-4/h11H,5H2,1-4H3,(H2,10,12). The third kappa shape index (κ3) is 2.59. The molecule has 0 aliphatic rings. The molecule has 0 saturated heterocycles. The normalized spacial score (nSPS) is 11.7. The van der Waals surface area contributed by atoms with E-state index in [4.69, 9.17) is 10.5 Å². The molecule has 4 nitrogen and oxygen atoms in total. The first-order valence-corrected chi connectivity index (χ1v) is 5.24. The fourth-order valence-corrected chi connectivity index (χ4v) is 1.58. The smallest absolute Gasteiger partial charge is 0.142 e. The highest BCUT2D eigenvalue weighted by molar-refractivity contribution is 7.10. The van der Waals surface area contributed by atoms with Crippen molar-refractivity contribution >= 4 is 22.4 Å². The van der Waals surface area contributed by atoms with Gasteiger partial charge in [-0.3, -0.25) is 0 Å². The van der Waals surface area contributed by atoms with Gasteiger partial charge in [0.1, 0.15) is 10.8 Å². The van der Waals surface area contributed by atoms with Gasteiger partial charge in [-0.1, -0.05) is 0 Å². The average Bonchev–Trinajstić information content (AvgIpc) is 2.45. The van der Waals surface area contributed by atoms with Crippen molar-refractivity contribution in [2.24, 2.45) is 0 Å². The zero-order valence-corrected chi connectivity index (χ0v) is 9.86. The number of nitrogens with zero attached hydrogens (tertiary/aromatic N) is 1. The molecule has 0 bridgehead atoms. The molecule has 0 unspecified atom stereocenters. The summed E-state index contributed by atoms with van der Waals surface area (Å²) in [6, 6.07) is 0. The topological polar surface area (TPSA) is 60.2 Å². The van der Waals surface area contributed by atoms with Crippen LogP contribution in [0.2, 0.25) is 0 Å². The van der Waals surface area contributed by atoms with Gasteiger partial charge in [-0.25, -0.2) is 0 Å². The first kappa shape index (κ1) is 11.3. The van der Waals surface area contributed by atoms with Crippen LogP contribution in [0.4, 0.5) is 10.8 Å². The van der Waals surface area contributed by atoms with Gasteiger partial charge in [-0.05, 0) is 32.3 Å². The van der Waals surface area contributed by atoms with E-state index in [1.54, 1.807) is 7.11 Å². The molecule has 3 N–H and O–H groups in total. The van der Waals surface area contributed by atoms with Gasteiger partial charge in [-0.15, -0.1) is 0 Å². The summed E-state index contributed by atoms with van der Waals surface area (Å²) in [6.45, 7) is 6.76. The molecular weight excluding hydrogens is 198 g/mol. The summed E-state index contributed by atoms with van der Waals surface area (Å²) >= 11 is 1.39. The molecular formula is C9H17N3OS. The number of hydrogen-bond donors (Lipinski definition) is 2. The van der Waals surface area contributed by atoms with Crippen molar-refractivity contribution in [3.8, 4) is 0 Å². The van der Waals surface area contributed by atoms with Gasteiger partial charge in [0, 0.05) is 19.2 Å². The molecule has 0 amide bonds. The van der Waals surface area contributed by atoms with Crippen molar-refractivity contribution < 1.29 is 4.74 Å². The number of aromatic nitrogens is 1. The molecule has 5 heteroatoms. The van der Waals surface area contributed by atoms with E-state index in [0.717, 1.165) is 17.1 Å². The third-order valence-corrected chi connectivity index (χ3v) is 3.11. The zero-order chi connectivity index (χ0) is 10.8. The fourth-order valence-electron chi connectivity index (χ4n) is 0.878. The molecule has 14 heavy (non-hydrogen) atoms. The number of rotatable bonds is 4. The maximum absolute atomic E-state index is 5.64. The van der Waals surface area contributed by atoms with E-state index in [-0.39, 0.29) is 5.60 Å². The molecule has 0 spiro atoms. The van der Waals surface area contributed by atoms with Gasteiger partial charge in [-0.2, -0.15) is 4.37 Å². The Labute approximate surface area is 88.6 Å². The fraction of sp³-hybridized carbons (Fsp3) is 0.667. The van der Waals surface area contributed by atoms with E-state index in [1.165, 1.54) is 11.5 Å². The van der Waals surface area contributed by atoms with Crippen molar-refractivity contribution in [2.75, 3.05) is 24.7 Å². The third-order valence-electron chi connectivity index (χ3n) is 2.19. The Hall–Kier alpha value is -0.810. The van der Waals surface area contributed by atoms with E-state index in [0.29, 0.717) is 5.82 Å². The predicted molar refractivity (Wildman–Crippen MR) is 60.8 cm³/mol. The Morgan fingerprint density at radius 3 is 2.64 bits per heavy atom. The Morgan fingerprint density at radius 2 is 2.21 bits per heavy atom. The lowest BCUT2D eigenvalue weighted by Crippen LogP contribution is -2.31. The number of ether oxygens (including phenoxy) is 1. The number of hydrogen-bond acceptors (Lipinski definition) is 5. The van der Waals surface area contributed by atoms with Crippen molar-refractivity contribution in [3.05, 3.63) is 5.56 Å². The number of anilines is 2. The largest absolute Gasteiger partial charge is 0.383 e. The van der Waals surface area contributed by atoms with Crippen molar-refractivity contribution in [1.82, 2.24) is 4.37 Å². The maximum atomic E-state index is 5.64. The molecule has 0 atom stereocenters. The van der Waals surface area contributed by atoms with Crippen molar-refractivity contribution in [2.45, 2.75) is 26.4 Å². The summed E-state index contributed by atoms with van der Waals surface area (Å²) in [5.41, 5.74) is 6.48. The Balaban J connectivity index is 2.58. The van der Waals surface area contributed by atoms with Crippen LogP contribution in [-0.4, -0.2) is 23.6 Å². The summed E-state index contributed by atoms with van der Waals surface area (Å²) in [6.07, 6.45) is 0. The van der Waals surface area contributed by atoms with Crippen LogP contribution < -0.4 is 11.1 Å². The molecule has 0 saturated carbocycles. The molecule has 0 radical (unpaired) electrons. The molecule has 80 valence electrons. The van der Waals surface area contributed by atoms with E-state index >= 15 is 0 Å². The van der Waals surface area contributed by atoms with Gasteiger partial charge >= 0.3 is 0 Å². The van der Waals surface area contributed by atoms with E-state index < -0.39 is 0 Å². The van der Waals surface area contributed by atoms with Crippen molar-refractivity contribution in [1.29, 1.82) is 0 Å². The first-order valence-electron chi connectivity index (χ1n) is 4.47. The molecule has 0 aliphatic heterocycles. The first-order chi connectivity index (χ1) is 6.46. The minimum absolute atomic E-state index is 0.175. The molecule has 0 fully saturated rings. The van der Waals surface area contributed by atoms with Crippen LogP contribution in [0.5, 0.6) is 0 Å². The summed E-state index contributed by atoms with van der Waals surface area (Å²) in [5.74, 6) is 0.604.